The molecule has 0 unspecified atom stereocenters. The number of Topliss-reactive ketones (excluding diaryl/α,β-unsaturated/α-hetero) is 1. The Morgan fingerprint density at radius 1 is 1.26 bits per heavy atom. The van der Waals surface area contributed by atoms with E-state index < -0.39 is 0 Å². The summed E-state index contributed by atoms with van der Waals surface area (Å²) in [5.74, 6) is 0.702. The summed E-state index contributed by atoms with van der Waals surface area (Å²) in [5.41, 5.74) is 5.96. The van der Waals surface area contributed by atoms with E-state index in [2.05, 4.69) is 15.5 Å². The van der Waals surface area contributed by atoms with E-state index in [0.29, 0.717) is 22.8 Å². The van der Waals surface area contributed by atoms with Crippen molar-refractivity contribution in [3.8, 4) is 5.75 Å². The molecule has 0 spiro atoms. The molecule has 2 aromatic carbocycles. The molecule has 0 fully saturated rings. The number of carbonyl (C=O) groups is 1. The smallest absolute Gasteiger partial charge is 0.209 e. The zero-order chi connectivity index (χ0) is 15.8. The third kappa shape index (κ3) is 2.47. The second-order valence-electron chi connectivity index (χ2n) is 5.19. The van der Waals surface area contributed by atoms with Gasteiger partial charge in [-0.05, 0) is 35.9 Å². The number of nitrogens with one attached hydrogen (secondary N) is 1. The monoisotopic (exact) mass is 323 g/mol. The number of ether oxygens (including phenoxy) is 1. The molecule has 0 radical (unpaired) electrons. The van der Waals surface area contributed by atoms with Gasteiger partial charge >= 0.3 is 0 Å². The summed E-state index contributed by atoms with van der Waals surface area (Å²) >= 11 is 1.51. The van der Waals surface area contributed by atoms with Crippen molar-refractivity contribution in [2.45, 2.75) is 6.42 Å². The molecule has 114 valence electrons. The van der Waals surface area contributed by atoms with Gasteiger partial charge in [0.05, 0.1) is 17.3 Å². The van der Waals surface area contributed by atoms with Gasteiger partial charge in [0.25, 0.3) is 0 Å². The summed E-state index contributed by atoms with van der Waals surface area (Å²) in [4.78, 5) is 16.8. The van der Waals surface area contributed by atoms with Crippen molar-refractivity contribution >= 4 is 38.2 Å². The standard InChI is InChI=1S/C17H13N3O2S/c1-22-11-6-7-12-10(8-11)9-14(16(12)21)19-20-17-18-13-4-2-3-5-15(13)23-17/h2-8H,9H2,1H3,(H,18,20)/b19-14-. The molecule has 0 bridgehead atoms. The van der Waals surface area contributed by atoms with Crippen LogP contribution in [0.3, 0.4) is 0 Å². The van der Waals surface area contributed by atoms with Gasteiger partial charge in [-0.3, -0.25) is 10.2 Å². The molecule has 0 atom stereocenters. The van der Waals surface area contributed by atoms with Crippen molar-refractivity contribution in [3.63, 3.8) is 0 Å². The van der Waals surface area contributed by atoms with E-state index in [9.17, 15) is 4.79 Å². The average Bonchev–Trinajstić information content (AvgIpc) is 3.13. The summed E-state index contributed by atoms with van der Waals surface area (Å²) in [6.07, 6.45) is 0.503. The Hall–Kier alpha value is -2.73. The van der Waals surface area contributed by atoms with Gasteiger partial charge < -0.3 is 4.74 Å². The molecule has 6 heteroatoms. The number of thiazole rings is 1. The van der Waals surface area contributed by atoms with Crippen molar-refractivity contribution in [2.75, 3.05) is 12.5 Å². The summed E-state index contributed by atoms with van der Waals surface area (Å²) in [5, 5.41) is 4.94. The molecule has 0 aliphatic heterocycles. The quantitative estimate of drug-likeness (QED) is 0.749. The van der Waals surface area contributed by atoms with Crippen LogP contribution in [0, 0.1) is 0 Å². The Morgan fingerprint density at radius 2 is 2.13 bits per heavy atom. The molecule has 1 aliphatic rings. The first-order valence-corrected chi connectivity index (χ1v) is 7.96. The number of benzene rings is 2. The molecule has 4 rings (SSSR count). The first-order chi connectivity index (χ1) is 11.2. The van der Waals surface area contributed by atoms with Gasteiger partial charge in [0, 0.05) is 12.0 Å². The fourth-order valence-electron chi connectivity index (χ4n) is 2.61. The lowest BCUT2D eigenvalue weighted by Gasteiger charge is -2.00. The Morgan fingerprint density at radius 3 is 2.96 bits per heavy atom. The fourth-order valence-corrected chi connectivity index (χ4v) is 3.42. The van der Waals surface area contributed by atoms with E-state index in [0.717, 1.165) is 21.5 Å². The molecular weight excluding hydrogens is 310 g/mol. The van der Waals surface area contributed by atoms with Crippen molar-refractivity contribution in [3.05, 3.63) is 53.6 Å². The second kappa shape index (κ2) is 5.48. The van der Waals surface area contributed by atoms with Crippen LogP contribution < -0.4 is 10.2 Å². The molecule has 0 amide bonds. The van der Waals surface area contributed by atoms with Crippen LogP contribution in [0.1, 0.15) is 15.9 Å². The number of ketones is 1. The third-order valence-corrected chi connectivity index (χ3v) is 4.70. The number of nitrogens with zero attached hydrogens (tertiary/aromatic N) is 2. The first kappa shape index (κ1) is 13.9. The zero-order valence-corrected chi connectivity index (χ0v) is 13.2. The number of hydrogen-bond acceptors (Lipinski definition) is 6. The minimum atomic E-state index is -0.0451. The highest BCUT2D eigenvalue weighted by Gasteiger charge is 2.27. The van der Waals surface area contributed by atoms with Crippen LogP contribution in [0.5, 0.6) is 5.75 Å². The Balaban J connectivity index is 1.59. The van der Waals surface area contributed by atoms with Crippen molar-refractivity contribution in [2.24, 2.45) is 5.10 Å². The minimum absolute atomic E-state index is 0.0451. The van der Waals surface area contributed by atoms with Gasteiger partial charge in [-0.25, -0.2) is 4.98 Å². The molecule has 1 N–H and O–H groups in total. The highest BCUT2D eigenvalue weighted by atomic mass is 32.1. The summed E-state index contributed by atoms with van der Waals surface area (Å²) in [6, 6.07) is 13.3. The lowest BCUT2D eigenvalue weighted by atomic mass is 10.1. The SMILES string of the molecule is COc1ccc2c(c1)C/C(=N/Nc1nc3ccccc3s1)C2=O. The third-order valence-electron chi connectivity index (χ3n) is 3.76. The first-order valence-electron chi connectivity index (χ1n) is 7.14. The van der Waals surface area contributed by atoms with E-state index in [-0.39, 0.29) is 5.78 Å². The minimum Gasteiger partial charge on any atom is -0.497 e. The molecule has 1 heterocycles. The van der Waals surface area contributed by atoms with Crippen LogP contribution >= 0.6 is 11.3 Å². The number of methoxy groups -OCH3 is 1. The Kier molecular flexibility index (Phi) is 3.31. The largest absolute Gasteiger partial charge is 0.497 e. The van der Waals surface area contributed by atoms with Crippen LogP contribution in [-0.2, 0) is 6.42 Å². The van der Waals surface area contributed by atoms with Crippen LogP contribution in [0.25, 0.3) is 10.2 Å². The predicted molar refractivity (Wildman–Crippen MR) is 91.7 cm³/mol. The van der Waals surface area contributed by atoms with Crippen molar-refractivity contribution in [1.29, 1.82) is 0 Å². The molecule has 3 aromatic rings. The van der Waals surface area contributed by atoms with Crippen molar-refractivity contribution in [1.82, 2.24) is 4.98 Å². The number of hydrazone groups is 1. The zero-order valence-electron chi connectivity index (χ0n) is 12.4. The maximum Gasteiger partial charge on any atom is 0.209 e. The average molecular weight is 323 g/mol. The molecule has 1 aliphatic carbocycles. The fraction of sp³-hybridized carbons (Fsp3) is 0.118. The lowest BCUT2D eigenvalue weighted by Crippen LogP contribution is -2.10. The maximum atomic E-state index is 12.4. The van der Waals surface area contributed by atoms with Crippen LogP contribution in [0.2, 0.25) is 0 Å². The topological polar surface area (TPSA) is 63.6 Å². The summed E-state index contributed by atoms with van der Waals surface area (Å²) < 4.78 is 6.28. The number of para-hydroxylation sites is 1. The van der Waals surface area contributed by atoms with Gasteiger partial charge in [-0.2, -0.15) is 5.10 Å². The Labute approximate surface area is 136 Å². The number of hydrogen-bond donors (Lipinski definition) is 1. The molecule has 0 saturated carbocycles. The number of carbonyl (C=O) groups excluding carboxylic acids is 1. The van der Waals surface area contributed by atoms with Crippen LogP contribution in [0.4, 0.5) is 5.13 Å². The molecular formula is C17H13N3O2S. The van der Waals surface area contributed by atoms with E-state index in [4.69, 9.17) is 4.74 Å². The molecule has 1 aromatic heterocycles. The number of fused-ring (bicyclic) bond motifs is 2. The van der Waals surface area contributed by atoms with Gasteiger partial charge in [-0.15, -0.1) is 0 Å². The van der Waals surface area contributed by atoms with Gasteiger partial charge in [0.15, 0.2) is 0 Å². The highest BCUT2D eigenvalue weighted by molar-refractivity contribution is 7.22. The molecule has 23 heavy (non-hydrogen) atoms. The van der Waals surface area contributed by atoms with E-state index in [1.165, 1.54) is 11.3 Å². The second-order valence-corrected chi connectivity index (χ2v) is 6.22. The lowest BCUT2D eigenvalue weighted by molar-refractivity contribution is 0.106. The van der Waals surface area contributed by atoms with Crippen LogP contribution in [-0.4, -0.2) is 23.6 Å². The number of anilines is 1. The number of rotatable bonds is 3. The summed E-state index contributed by atoms with van der Waals surface area (Å²) in [7, 11) is 1.61. The molecule has 5 nitrogen and oxygen atoms in total. The Bertz CT molecular complexity index is 913. The van der Waals surface area contributed by atoms with Gasteiger partial charge in [-0.1, -0.05) is 23.5 Å². The van der Waals surface area contributed by atoms with E-state index in [1.807, 2.05) is 30.3 Å². The summed E-state index contributed by atoms with van der Waals surface area (Å²) in [6.45, 7) is 0. The predicted octanol–water partition coefficient (Wildman–Crippen LogP) is 3.51. The van der Waals surface area contributed by atoms with Gasteiger partial charge in [0.2, 0.25) is 10.9 Å². The van der Waals surface area contributed by atoms with E-state index >= 15 is 0 Å². The van der Waals surface area contributed by atoms with Gasteiger partial charge in [0.1, 0.15) is 11.5 Å². The number of aromatic nitrogens is 1. The normalized spacial score (nSPS) is 15.2. The maximum absolute atomic E-state index is 12.4. The highest BCUT2D eigenvalue weighted by Crippen LogP contribution is 2.27. The molecule has 0 saturated heterocycles. The van der Waals surface area contributed by atoms with E-state index in [1.54, 1.807) is 19.2 Å². The van der Waals surface area contributed by atoms with Crippen molar-refractivity contribution < 1.29 is 9.53 Å². The van der Waals surface area contributed by atoms with Crippen LogP contribution in [0.15, 0.2) is 47.6 Å².